The van der Waals surface area contributed by atoms with Gasteiger partial charge in [0.05, 0.1) is 15.2 Å². The minimum absolute atomic E-state index is 0.109. The zero-order chi connectivity index (χ0) is 20.4. The van der Waals surface area contributed by atoms with E-state index >= 15 is 0 Å². The number of carbonyl (C=O) groups excluding carboxylic acids is 1. The number of anilines is 1. The van der Waals surface area contributed by atoms with Gasteiger partial charge in [-0.15, -0.1) is 11.3 Å². The number of rotatable bonds is 5. The molecule has 3 rings (SSSR count). The Morgan fingerprint density at radius 2 is 2.11 bits per heavy atom. The number of thiazole rings is 1. The molecule has 2 aromatic heterocycles. The number of aromatic amines is 1. The number of nitriles is 1. The first kappa shape index (κ1) is 19.8. The third-order valence-electron chi connectivity index (χ3n) is 4.70. The van der Waals surface area contributed by atoms with Gasteiger partial charge in [0.15, 0.2) is 0 Å². The number of pyridine rings is 1. The van der Waals surface area contributed by atoms with Crippen LogP contribution in [0.3, 0.4) is 0 Å². The van der Waals surface area contributed by atoms with Crippen molar-refractivity contribution in [3.8, 4) is 6.07 Å². The molecule has 3 aromatic rings. The Kier molecular flexibility index (Phi) is 5.61. The summed E-state index contributed by atoms with van der Waals surface area (Å²) in [7, 11) is 0. The maximum atomic E-state index is 12.4. The molecular weight excluding hydrogens is 372 g/mol. The fourth-order valence-corrected chi connectivity index (χ4v) is 4.16. The Hall–Kier alpha value is -2.98. The first-order chi connectivity index (χ1) is 13.3. The molecule has 0 atom stereocenters. The molecule has 0 saturated carbocycles. The minimum Gasteiger partial charge on any atom is -0.326 e. The van der Waals surface area contributed by atoms with Crippen molar-refractivity contribution in [1.82, 2.24) is 9.97 Å². The van der Waals surface area contributed by atoms with E-state index in [0.717, 1.165) is 26.5 Å². The van der Waals surface area contributed by atoms with Gasteiger partial charge in [0.2, 0.25) is 5.91 Å². The molecule has 0 aliphatic rings. The molecule has 0 fully saturated rings. The van der Waals surface area contributed by atoms with E-state index in [1.807, 2.05) is 24.3 Å². The lowest BCUT2D eigenvalue weighted by atomic mass is 9.99. The van der Waals surface area contributed by atoms with E-state index < -0.39 is 0 Å². The summed E-state index contributed by atoms with van der Waals surface area (Å²) in [6, 6.07) is 7.66. The smallest absolute Gasteiger partial charge is 0.266 e. The predicted molar refractivity (Wildman–Crippen MR) is 112 cm³/mol. The molecule has 0 radical (unpaired) electrons. The van der Waals surface area contributed by atoms with Crippen LogP contribution in [-0.2, 0) is 11.2 Å². The van der Waals surface area contributed by atoms with Gasteiger partial charge in [0.1, 0.15) is 11.6 Å². The number of hydrogen-bond donors (Lipinski definition) is 2. The van der Waals surface area contributed by atoms with Crippen LogP contribution in [0.4, 0.5) is 5.69 Å². The van der Waals surface area contributed by atoms with Crippen molar-refractivity contribution in [3.05, 3.63) is 55.9 Å². The van der Waals surface area contributed by atoms with Crippen molar-refractivity contribution < 1.29 is 4.79 Å². The van der Waals surface area contributed by atoms with Crippen molar-refractivity contribution in [3.63, 3.8) is 0 Å². The lowest BCUT2D eigenvalue weighted by Crippen LogP contribution is -2.18. The average Bonchev–Trinajstić information content (AvgIpc) is 3.05. The maximum Gasteiger partial charge on any atom is 0.266 e. The number of benzene rings is 1. The largest absolute Gasteiger partial charge is 0.326 e. The quantitative estimate of drug-likeness (QED) is 0.678. The lowest BCUT2D eigenvalue weighted by molar-refractivity contribution is -0.116. The molecule has 0 aliphatic carbocycles. The number of nitrogens with one attached hydrogen (secondary N) is 2. The minimum atomic E-state index is -0.385. The van der Waals surface area contributed by atoms with E-state index in [9.17, 15) is 9.59 Å². The number of fused-ring (bicyclic) bond motifs is 1. The van der Waals surface area contributed by atoms with Crippen LogP contribution in [0, 0.1) is 25.2 Å². The second-order valence-corrected chi connectivity index (χ2v) is 8.17. The average molecular weight is 395 g/mol. The van der Waals surface area contributed by atoms with Gasteiger partial charge in [-0.2, -0.15) is 5.26 Å². The van der Waals surface area contributed by atoms with Crippen molar-refractivity contribution in [2.45, 2.75) is 46.5 Å². The summed E-state index contributed by atoms with van der Waals surface area (Å²) < 4.78 is 1.05. The molecule has 7 heteroatoms. The zero-order valence-electron chi connectivity index (χ0n) is 16.3. The molecule has 0 bridgehead atoms. The highest BCUT2D eigenvalue weighted by molar-refractivity contribution is 7.18. The highest BCUT2D eigenvalue weighted by atomic mass is 32.1. The molecule has 1 amide bonds. The SMILES string of the molecule is Cc1[nH]c(=O)c(C#N)c(C)c1CCC(=O)Nc1ccc2nc(C(C)C)sc2c1. The van der Waals surface area contributed by atoms with Gasteiger partial charge in [-0.05, 0) is 49.6 Å². The first-order valence-electron chi connectivity index (χ1n) is 9.13. The molecule has 28 heavy (non-hydrogen) atoms. The third-order valence-corrected chi connectivity index (χ3v) is 6.02. The number of aryl methyl sites for hydroxylation is 1. The molecule has 144 valence electrons. The van der Waals surface area contributed by atoms with Gasteiger partial charge >= 0.3 is 0 Å². The van der Waals surface area contributed by atoms with E-state index in [4.69, 9.17) is 5.26 Å². The van der Waals surface area contributed by atoms with E-state index in [2.05, 4.69) is 29.1 Å². The van der Waals surface area contributed by atoms with Gasteiger partial charge in [-0.3, -0.25) is 9.59 Å². The molecule has 2 N–H and O–H groups in total. The van der Waals surface area contributed by atoms with E-state index in [1.54, 1.807) is 25.2 Å². The Bertz CT molecular complexity index is 1150. The molecule has 1 aromatic carbocycles. The number of amides is 1. The summed E-state index contributed by atoms with van der Waals surface area (Å²) >= 11 is 1.64. The standard InChI is InChI=1S/C21H22N4O2S/c1-11(2)21-25-17-7-5-14(9-18(17)28-21)24-19(26)8-6-15-12(3)16(10-22)20(27)23-13(15)4/h5,7,9,11H,6,8H2,1-4H3,(H,23,27)(H,24,26). The van der Waals surface area contributed by atoms with Gasteiger partial charge in [0.25, 0.3) is 5.56 Å². The molecular formula is C21H22N4O2S. The first-order valence-corrected chi connectivity index (χ1v) is 9.94. The van der Waals surface area contributed by atoms with Crippen LogP contribution < -0.4 is 10.9 Å². The van der Waals surface area contributed by atoms with Crippen molar-refractivity contribution in [2.75, 3.05) is 5.32 Å². The molecule has 2 heterocycles. The van der Waals surface area contributed by atoms with Crippen molar-refractivity contribution >= 4 is 33.1 Å². The second-order valence-electron chi connectivity index (χ2n) is 7.11. The summed E-state index contributed by atoms with van der Waals surface area (Å²) in [5, 5.41) is 13.2. The van der Waals surface area contributed by atoms with Crippen LogP contribution in [0.1, 0.15) is 53.6 Å². The summed E-state index contributed by atoms with van der Waals surface area (Å²) in [5.74, 6) is 0.258. The second kappa shape index (κ2) is 7.95. The highest BCUT2D eigenvalue weighted by Crippen LogP contribution is 2.29. The molecule has 0 saturated heterocycles. The van der Waals surface area contributed by atoms with Gasteiger partial charge in [-0.25, -0.2) is 4.98 Å². The molecule has 6 nitrogen and oxygen atoms in total. The van der Waals surface area contributed by atoms with Crippen molar-refractivity contribution in [1.29, 1.82) is 5.26 Å². The van der Waals surface area contributed by atoms with Gasteiger partial charge < -0.3 is 10.3 Å². The Balaban J connectivity index is 1.72. The lowest BCUT2D eigenvalue weighted by Gasteiger charge is -2.11. The monoisotopic (exact) mass is 394 g/mol. The Morgan fingerprint density at radius 1 is 1.36 bits per heavy atom. The summed E-state index contributed by atoms with van der Waals surface area (Å²) in [6.07, 6.45) is 0.714. The molecule has 0 unspecified atom stereocenters. The van der Waals surface area contributed by atoms with E-state index in [-0.39, 0.29) is 23.5 Å². The van der Waals surface area contributed by atoms with Gasteiger partial charge in [0, 0.05) is 23.7 Å². The van der Waals surface area contributed by atoms with Gasteiger partial charge in [-0.1, -0.05) is 13.8 Å². The Morgan fingerprint density at radius 3 is 2.79 bits per heavy atom. The summed E-state index contributed by atoms with van der Waals surface area (Å²) in [6.45, 7) is 7.75. The van der Waals surface area contributed by atoms with Crippen molar-refractivity contribution in [2.24, 2.45) is 0 Å². The highest BCUT2D eigenvalue weighted by Gasteiger charge is 2.14. The number of aromatic nitrogens is 2. The topological polar surface area (TPSA) is 98.6 Å². The fourth-order valence-electron chi connectivity index (χ4n) is 3.15. The number of carbonyl (C=O) groups is 1. The van der Waals surface area contributed by atoms with Crippen LogP contribution in [0.5, 0.6) is 0 Å². The zero-order valence-corrected chi connectivity index (χ0v) is 17.2. The van der Waals surface area contributed by atoms with Crippen LogP contribution in [0.25, 0.3) is 10.2 Å². The predicted octanol–water partition coefficient (Wildman–Crippen LogP) is 4.17. The van der Waals surface area contributed by atoms with Crippen LogP contribution in [0.2, 0.25) is 0 Å². The number of nitrogens with zero attached hydrogens (tertiary/aromatic N) is 2. The number of H-pyrrole nitrogens is 1. The van der Waals surface area contributed by atoms with E-state index in [0.29, 0.717) is 23.6 Å². The summed E-state index contributed by atoms with van der Waals surface area (Å²) in [5.41, 5.74) is 3.58. The molecule has 0 spiro atoms. The third kappa shape index (κ3) is 3.97. The summed E-state index contributed by atoms with van der Waals surface area (Å²) in [4.78, 5) is 31.5. The molecule has 0 aliphatic heterocycles. The normalized spacial score (nSPS) is 11.0. The van der Waals surface area contributed by atoms with Crippen LogP contribution in [0.15, 0.2) is 23.0 Å². The fraction of sp³-hybridized carbons (Fsp3) is 0.333. The maximum absolute atomic E-state index is 12.4. The van der Waals surface area contributed by atoms with Crippen LogP contribution >= 0.6 is 11.3 Å². The number of hydrogen-bond acceptors (Lipinski definition) is 5. The van der Waals surface area contributed by atoms with E-state index in [1.165, 1.54) is 0 Å². The Labute approximate surface area is 167 Å². The van der Waals surface area contributed by atoms with Crippen LogP contribution in [-0.4, -0.2) is 15.9 Å².